The number of hydrogen-bond donors (Lipinski definition) is 1. The Morgan fingerprint density at radius 2 is 1.92 bits per heavy atom. The van der Waals surface area contributed by atoms with Gasteiger partial charge in [-0.25, -0.2) is 0 Å². The molecule has 2 atom stereocenters. The summed E-state index contributed by atoms with van der Waals surface area (Å²) >= 11 is 0. The fourth-order valence-electron chi connectivity index (χ4n) is 3.37. The monoisotopic (exact) mass is 371 g/mol. The Kier molecular flexibility index (Phi) is 9.08. The molecule has 1 heterocycles. The molecule has 0 aliphatic carbocycles. The summed E-state index contributed by atoms with van der Waals surface area (Å²) in [4.78, 5) is 12.5. The Morgan fingerprint density at radius 1 is 1.24 bits per heavy atom. The van der Waals surface area contributed by atoms with Crippen molar-refractivity contribution in [3.05, 3.63) is 23.3 Å². The van der Waals surface area contributed by atoms with E-state index in [0.29, 0.717) is 12.4 Å². The fraction of sp³-hybridized carbons (Fsp3) is 0.632. The first kappa shape index (κ1) is 21.6. The smallest absolute Gasteiger partial charge is 0.310 e. The summed E-state index contributed by atoms with van der Waals surface area (Å²) in [5, 5.41) is 3.52. The first-order chi connectivity index (χ1) is 11.7. The Labute approximate surface area is 156 Å². The van der Waals surface area contributed by atoms with Gasteiger partial charge in [0.05, 0.1) is 26.7 Å². The fourth-order valence-corrected chi connectivity index (χ4v) is 3.37. The van der Waals surface area contributed by atoms with E-state index in [1.807, 2.05) is 19.1 Å². The standard InChI is InChI=1S/C19H29NO4.ClH/c1-5-7-8-14(19(21)24-6-2)18-15-12-17(23-4)16(22-3)11-13(15)9-10-20-18;/h11-12,14,18,20H,5-10H2,1-4H3;1H. The highest BCUT2D eigenvalue weighted by Gasteiger charge is 2.34. The van der Waals surface area contributed by atoms with Crippen molar-refractivity contribution >= 4 is 18.4 Å². The van der Waals surface area contributed by atoms with Crippen molar-refractivity contribution in [1.82, 2.24) is 5.32 Å². The predicted molar refractivity (Wildman–Crippen MR) is 101 cm³/mol. The molecule has 0 saturated carbocycles. The molecular formula is C19H30ClNO4. The molecule has 0 amide bonds. The summed E-state index contributed by atoms with van der Waals surface area (Å²) in [6.07, 6.45) is 3.79. The predicted octanol–water partition coefficient (Wildman–Crippen LogP) is 3.68. The number of hydrogen-bond acceptors (Lipinski definition) is 5. The van der Waals surface area contributed by atoms with Gasteiger partial charge in [-0.3, -0.25) is 4.79 Å². The number of carbonyl (C=O) groups excluding carboxylic acids is 1. The highest BCUT2D eigenvalue weighted by atomic mass is 35.5. The largest absolute Gasteiger partial charge is 0.493 e. The Hall–Kier alpha value is -1.46. The van der Waals surface area contributed by atoms with Crippen LogP contribution in [0.2, 0.25) is 0 Å². The molecular weight excluding hydrogens is 342 g/mol. The Balaban J connectivity index is 0.00000312. The van der Waals surface area contributed by atoms with E-state index < -0.39 is 0 Å². The van der Waals surface area contributed by atoms with Gasteiger partial charge in [0.15, 0.2) is 11.5 Å². The number of ether oxygens (including phenoxy) is 3. The van der Waals surface area contributed by atoms with Crippen molar-refractivity contribution in [2.45, 2.75) is 45.6 Å². The number of nitrogens with one attached hydrogen (secondary N) is 1. The van der Waals surface area contributed by atoms with Crippen molar-refractivity contribution in [2.24, 2.45) is 5.92 Å². The van der Waals surface area contributed by atoms with Gasteiger partial charge in [-0.15, -0.1) is 12.4 Å². The highest BCUT2D eigenvalue weighted by Crippen LogP contribution is 2.39. The van der Waals surface area contributed by atoms with Crippen molar-refractivity contribution in [3.63, 3.8) is 0 Å². The molecule has 1 N–H and O–H groups in total. The molecule has 6 heteroatoms. The van der Waals surface area contributed by atoms with Crippen molar-refractivity contribution in [1.29, 1.82) is 0 Å². The second-order valence-corrected chi connectivity index (χ2v) is 6.09. The maximum atomic E-state index is 12.5. The minimum Gasteiger partial charge on any atom is -0.493 e. The quantitative estimate of drug-likeness (QED) is 0.706. The summed E-state index contributed by atoms with van der Waals surface area (Å²) in [5.41, 5.74) is 2.33. The van der Waals surface area contributed by atoms with Gasteiger partial charge < -0.3 is 19.5 Å². The third kappa shape index (κ3) is 5.02. The van der Waals surface area contributed by atoms with E-state index in [9.17, 15) is 4.79 Å². The summed E-state index contributed by atoms with van der Waals surface area (Å²) in [6.45, 7) is 5.24. The van der Waals surface area contributed by atoms with E-state index in [2.05, 4.69) is 12.2 Å². The third-order valence-electron chi connectivity index (χ3n) is 4.60. The number of carbonyl (C=O) groups is 1. The van der Waals surface area contributed by atoms with Crippen LogP contribution >= 0.6 is 12.4 Å². The van der Waals surface area contributed by atoms with E-state index in [1.54, 1.807) is 14.2 Å². The van der Waals surface area contributed by atoms with E-state index in [-0.39, 0.29) is 30.3 Å². The van der Waals surface area contributed by atoms with Crippen LogP contribution in [0.5, 0.6) is 11.5 Å². The zero-order chi connectivity index (χ0) is 17.5. The number of benzene rings is 1. The lowest BCUT2D eigenvalue weighted by molar-refractivity contribution is -0.149. The van der Waals surface area contributed by atoms with Crippen molar-refractivity contribution < 1.29 is 19.0 Å². The summed E-state index contributed by atoms with van der Waals surface area (Å²) in [6, 6.07) is 3.99. The number of rotatable bonds is 8. The van der Waals surface area contributed by atoms with E-state index in [0.717, 1.165) is 43.5 Å². The SMILES string of the molecule is CCCCC(C(=O)OCC)C1NCCc2cc(OC)c(OC)cc21.Cl. The molecule has 1 aromatic rings. The van der Waals surface area contributed by atoms with Gasteiger partial charge in [0.25, 0.3) is 0 Å². The maximum absolute atomic E-state index is 12.5. The molecule has 25 heavy (non-hydrogen) atoms. The molecule has 0 spiro atoms. The van der Waals surface area contributed by atoms with Gasteiger partial charge in [0, 0.05) is 6.04 Å². The average Bonchev–Trinajstić information content (AvgIpc) is 2.61. The van der Waals surface area contributed by atoms with Crippen LogP contribution in [0.1, 0.15) is 50.3 Å². The second kappa shape index (κ2) is 10.5. The summed E-state index contributed by atoms with van der Waals surface area (Å²) < 4.78 is 16.2. The lowest BCUT2D eigenvalue weighted by Gasteiger charge is -2.33. The van der Waals surface area contributed by atoms with E-state index in [1.165, 1.54) is 5.56 Å². The van der Waals surface area contributed by atoms with Gasteiger partial charge >= 0.3 is 5.97 Å². The maximum Gasteiger partial charge on any atom is 0.310 e. The van der Waals surface area contributed by atoms with Crippen LogP contribution in [0, 0.1) is 5.92 Å². The van der Waals surface area contributed by atoms with Crippen LogP contribution in [-0.4, -0.2) is 33.3 Å². The lowest BCUT2D eigenvalue weighted by atomic mass is 9.83. The number of methoxy groups -OCH3 is 2. The van der Waals surface area contributed by atoms with Crippen LogP contribution < -0.4 is 14.8 Å². The lowest BCUT2D eigenvalue weighted by Crippen LogP contribution is -2.38. The van der Waals surface area contributed by atoms with Crippen LogP contribution in [0.3, 0.4) is 0 Å². The molecule has 1 aliphatic heterocycles. The Morgan fingerprint density at radius 3 is 2.52 bits per heavy atom. The van der Waals surface area contributed by atoms with Gasteiger partial charge in [0.1, 0.15) is 0 Å². The number of halogens is 1. The molecule has 2 unspecified atom stereocenters. The first-order valence-corrected chi connectivity index (χ1v) is 8.81. The molecule has 5 nitrogen and oxygen atoms in total. The highest BCUT2D eigenvalue weighted by molar-refractivity contribution is 5.85. The Bertz CT molecular complexity index is 565. The topological polar surface area (TPSA) is 56.8 Å². The molecule has 142 valence electrons. The zero-order valence-corrected chi connectivity index (χ0v) is 16.4. The number of unbranched alkanes of at least 4 members (excludes halogenated alkanes) is 1. The molecule has 0 aromatic heterocycles. The molecule has 0 fully saturated rings. The molecule has 1 aliphatic rings. The van der Waals surface area contributed by atoms with Crippen LogP contribution in [-0.2, 0) is 16.0 Å². The van der Waals surface area contributed by atoms with Gasteiger partial charge in [-0.2, -0.15) is 0 Å². The summed E-state index contributed by atoms with van der Waals surface area (Å²) in [5.74, 6) is 1.13. The zero-order valence-electron chi connectivity index (χ0n) is 15.6. The normalized spacial score (nSPS) is 17.0. The number of fused-ring (bicyclic) bond motifs is 1. The molecule has 0 bridgehead atoms. The minimum atomic E-state index is -0.179. The van der Waals surface area contributed by atoms with Crippen molar-refractivity contribution in [2.75, 3.05) is 27.4 Å². The van der Waals surface area contributed by atoms with Crippen LogP contribution in [0.25, 0.3) is 0 Å². The second-order valence-electron chi connectivity index (χ2n) is 6.09. The summed E-state index contributed by atoms with van der Waals surface area (Å²) in [7, 11) is 3.28. The van der Waals surface area contributed by atoms with Gasteiger partial charge in [-0.05, 0) is 49.6 Å². The van der Waals surface area contributed by atoms with E-state index >= 15 is 0 Å². The molecule has 1 aromatic carbocycles. The van der Waals surface area contributed by atoms with E-state index in [4.69, 9.17) is 14.2 Å². The van der Waals surface area contributed by atoms with Crippen LogP contribution in [0.15, 0.2) is 12.1 Å². The van der Waals surface area contributed by atoms with Gasteiger partial charge in [-0.1, -0.05) is 19.8 Å². The molecule has 2 rings (SSSR count). The average molecular weight is 372 g/mol. The third-order valence-corrected chi connectivity index (χ3v) is 4.60. The first-order valence-electron chi connectivity index (χ1n) is 8.81. The molecule has 0 saturated heterocycles. The minimum absolute atomic E-state index is 0. The van der Waals surface area contributed by atoms with Crippen LogP contribution in [0.4, 0.5) is 0 Å². The number of esters is 1. The van der Waals surface area contributed by atoms with Gasteiger partial charge in [0.2, 0.25) is 0 Å². The van der Waals surface area contributed by atoms with Crippen molar-refractivity contribution in [3.8, 4) is 11.5 Å². The molecule has 0 radical (unpaired) electrons.